The minimum absolute atomic E-state index is 0.267. The second-order valence-electron chi connectivity index (χ2n) is 9.37. The van der Waals surface area contributed by atoms with E-state index in [2.05, 4.69) is 0 Å². The van der Waals surface area contributed by atoms with Crippen molar-refractivity contribution < 1.29 is 39.0 Å². The van der Waals surface area contributed by atoms with E-state index in [0.29, 0.717) is 29.4 Å². The van der Waals surface area contributed by atoms with Gasteiger partial charge in [-0.3, -0.25) is 0 Å². The van der Waals surface area contributed by atoms with Crippen LogP contribution in [-0.4, -0.2) is 58.1 Å². The van der Waals surface area contributed by atoms with Crippen molar-refractivity contribution in [1.29, 1.82) is 0 Å². The van der Waals surface area contributed by atoms with Crippen LogP contribution in [-0.2, 0) is 22.5 Å². The van der Waals surface area contributed by atoms with E-state index in [1.165, 1.54) is 12.1 Å². The number of benzene rings is 3. The van der Waals surface area contributed by atoms with Crippen molar-refractivity contribution in [2.45, 2.75) is 49.7 Å². The van der Waals surface area contributed by atoms with Gasteiger partial charge in [0.15, 0.2) is 0 Å². The van der Waals surface area contributed by atoms with Crippen molar-refractivity contribution in [2.75, 3.05) is 13.2 Å². The summed E-state index contributed by atoms with van der Waals surface area (Å²) in [6.45, 7) is 0.209. The molecular formula is C28H28ClFO7. The summed E-state index contributed by atoms with van der Waals surface area (Å²) in [5, 5.41) is 40.6. The lowest BCUT2D eigenvalue weighted by molar-refractivity contribution is -0.231. The molecule has 5 rings (SSSR count). The Balaban J connectivity index is 1.25. The first-order chi connectivity index (χ1) is 17.8. The van der Waals surface area contributed by atoms with Gasteiger partial charge in [0.2, 0.25) is 0 Å². The average Bonchev–Trinajstić information content (AvgIpc) is 3.30. The molecule has 0 saturated carbocycles. The third kappa shape index (κ3) is 5.51. The summed E-state index contributed by atoms with van der Waals surface area (Å²) >= 11 is 6.44. The van der Waals surface area contributed by atoms with Gasteiger partial charge in [0, 0.05) is 5.02 Å². The molecule has 37 heavy (non-hydrogen) atoms. The highest BCUT2D eigenvalue weighted by atomic mass is 35.5. The lowest BCUT2D eigenvalue weighted by Crippen LogP contribution is -2.55. The zero-order chi connectivity index (χ0) is 26.1. The van der Waals surface area contributed by atoms with E-state index < -0.39 is 37.1 Å². The Hall–Kier alpha value is -2.56. The Bertz CT molecular complexity index is 1240. The number of aliphatic hydroxyl groups is 4. The van der Waals surface area contributed by atoms with Gasteiger partial charge >= 0.3 is 0 Å². The summed E-state index contributed by atoms with van der Waals surface area (Å²) in [6.07, 6.45) is -5.99. The number of halogens is 2. The van der Waals surface area contributed by atoms with Crippen molar-refractivity contribution >= 4 is 11.6 Å². The molecule has 4 N–H and O–H groups in total. The van der Waals surface area contributed by atoms with E-state index in [-0.39, 0.29) is 18.5 Å². The van der Waals surface area contributed by atoms with Gasteiger partial charge in [-0.1, -0.05) is 41.9 Å². The Labute approximate surface area is 218 Å². The molecule has 0 aromatic heterocycles. The normalized spacial score (nSPS) is 27.2. The van der Waals surface area contributed by atoms with Crippen molar-refractivity contribution in [1.82, 2.24) is 0 Å². The minimum Gasteiger partial charge on any atom is -0.491 e. The molecule has 2 aliphatic heterocycles. The molecule has 2 heterocycles. The van der Waals surface area contributed by atoms with Crippen LogP contribution in [0.2, 0.25) is 5.02 Å². The second kappa shape index (κ2) is 11.0. The van der Waals surface area contributed by atoms with E-state index in [4.69, 9.17) is 25.8 Å². The highest BCUT2D eigenvalue weighted by molar-refractivity contribution is 6.31. The highest BCUT2D eigenvalue weighted by Gasteiger charge is 2.44. The number of hydrogen-bond donors (Lipinski definition) is 4. The van der Waals surface area contributed by atoms with Gasteiger partial charge in [-0.25, -0.2) is 4.39 Å². The predicted molar refractivity (Wildman–Crippen MR) is 133 cm³/mol. The number of aliphatic hydroxyl groups excluding tert-OH is 4. The summed E-state index contributed by atoms with van der Waals surface area (Å²) in [5.41, 5.74) is 4.09. The summed E-state index contributed by atoms with van der Waals surface area (Å²) in [6, 6.07) is 17.3. The minimum atomic E-state index is -1.45. The average molecular weight is 531 g/mol. The summed E-state index contributed by atoms with van der Waals surface area (Å²) in [4.78, 5) is 0. The first kappa shape index (κ1) is 26.1. The Morgan fingerprint density at radius 1 is 0.946 bits per heavy atom. The van der Waals surface area contributed by atoms with E-state index in [1.54, 1.807) is 24.3 Å². The molecule has 1 fully saturated rings. The lowest BCUT2D eigenvalue weighted by atomic mass is 9.90. The maximum Gasteiger partial charge on any atom is 0.123 e. The molecule has 0 radical (unpaired) electrons. The smallest absolute Gasteiger partial charge is 0.123 e. The molecule has 0 bridgehead atoms. The molecule has 3 aromatic rings. The van der Waals surface area contributed by atoms with Crippen LogP contribution in [0.15, 0.2) is 60.7 Å². The van der Waals surface area contributed by atoms with Gasteiger partial charge in [-0.2, -0.15) is 0 Å². The maximum absolute atomic E-state index is 13.6. The van der Waals surface area contributed by atoms with Crippen LogP contribution in [0.3, 0.4) is 0 Å². The van der Waals surface area contributed by atoms with Crippen LogP contribution in [0.4, 0.5) is 4.39 Å². The Kier molecular flexibility index (Phi) is 7.78. The predicted octanol–water partition coefficient (Wildman–Crippen LogP) is 3.24. The first-order valence-electron chi connectivity index (χ1n) is 12.0. The van der Waals surface area contributed by atoms with Gasteiger partial charge < -0.3 is 34.6 Å². The molecular weight excluding hydrogens is 503 g/mol. The molecule has 1 unspecified atom stereocenters. The van der Waals surface area contributed by atoms with Gasteiger partial charge in [0.1, 0.15) is 54.8 Å². The SMILES string of the molecule is OC[C@H]1O[C@@H](c2ccc(Cl)c(Cc3ccc(OCC4OCc5ccc(F)cc54)cc3)c2)[C@H](O)[C@@H](O)[C@@H]1O. The molecule has 7 nitrogen and oxygen atoms in total. The van der Waals surface area contributed by atoms with Gasteiger partial charge in [-0.15, -0.1) is 0 Å². The van der Waals surface area contributed by atoms with Crippen molar-refractivity contribution in [2.24, 2.45) is 0 Å². The first-order valence-corrected chi connectivity index (χ1v) is 12.4. The van der Waals surface area contributed by atoms with E-state index in [0.717, 1.165) is 22.3 Å². The van der Waals surface area contributed by atoms with E-state index in [1.807, 2.05) is 24.3 Å². The van der Waals surface area contributed by atoms with E-state index >= 15 is 0 Å². The maximum atomic E-state index is 13.6. The molecule has 196 valence electrons. The molecule has 0 amide bonds. The standard InChI is InChI=1S/C28H28ClFO7/c29-22-8-4-16(28-27(34)26(33)25(32)23(12-31)37-28)10-18(22)9-15-1-6-20(7-2-15)35-14-24-21-11-19(30)5-3-17(21)13-36-24/h1-8,10-11,23-28,31-34H,9,12-14H2/t23-,24?,25-,26+,27-,28+/m1/s1. The fourth-order valence-corrected chi connectivity index (χ4v) is 4.98. The van der Waals surface area contributed by atoms with Crippen molar-refractivity contribution in [3.05, 3.63) is 99.3 Å². The second-order valence-corrected chi connectivity index (χ2v) is 9.78. The van der Waals surface area contributed by atoms with Crippen LogP contribution in [0.25, 0.3) is 0 Å². The topological polar surface area (TPSA) is 109 Å². The zero-order valence-electron chi connectivity index (χ0n) is 19.8. The zero-order valence-corrected chi connectivity index (χ0v) is 20.6. The van der Waals surface area contributed by atoms with Crippen LogP contribution in [0.5, 0.6) is 5.75 Å². The molecule has 6 atom stereocenters. The molecule has 9 heteroatoms. The largest absolute Gasteiger partial charge is 0.491 e. The monoisotopic (exact) mass is 530 g/mol. The summed E-state index contributed by atoms with van der Waals surface area (Å²) < 4.78 is 30.9. The fraction of sp³-hybridized carbons (Fsp3) is 0.357. The van der Waals surface area contributed by atoms with E-state index in [9.17, 15) is 24.8 Å². The Morgan fingerprint density at radius 2 is 1.73 bits per heavy atom. The number of hydrogen-bond acceptors (Lipinski definition) is 7. The number of fused-ring (bicyclic) bond motifs is 1. The van der Waals surface area contributed by atoms with Crippen LogP contribution < -0.4 is 4.74 Å². The molecule has 1 saturated heterocycles. The number of ether oxygens (including phenoxy) is 3. The van der Waals surface area contributed by atoms with Gasteiger partial charge in [-0.05, 0) is 64.6 Å². The molecule has 3 aromatic carbocycles. The summed E-state index contributed by atoms with van der Waals surface area (Å²) in [5.74, 6) is 0.353. The number of rotatable bonds is 7. The Morgan fingerprint density at radius 3 is 2.49 bits per heavy atom. The molecule has 0 spiro atoms. The van der Waals surface area contributed by atoms with Crippen molar-refractivity contribution in [3.8, 4) is 5.75 Å². The molecule has 0 aliphatic carbocycles. The van der Waals surface area contributed by atoms with Crippen LogP contribution in [0, 0.1) is 5.82 Å². The lowest BCUT2D eigenvalue weighted by Gasteiger charge is -2.40. The van der Waals surface area contributed by atoms with Gasteiger partial charge in [0.05, 0.1) is 13.2 Å². The van der Waals surface area contributed by atoms with Crippen LogP contribution >= 0.6 is 11.6 Å². The highest BCUT2D eigenvalue weighted by Crippen LogP contribution is 2.35. The quantitative estimate of drug-likeness (QED) is 0.371. The molecule has 2 aliphatic rings. The summed E-state index contributed by atoms with van der Waals surface area (Å²) in [7, 11) is 0. The third-order valence-corrected chi connectivity index (χ3v) is 7.27. The van der Waals surface area contributed by atoms with Crippen LogP contribution in [0.1, 0.15) is 40.0 Å². The van der Waals surface area contributed by atoms with Crippen molar-refractivity contribution in [3.63, 3.8) is 0 Å². The third-order valence-electron chi connectivity index (χ3n) is 6.90. The van der Waals surface area contributed by atoms with Gasteiger partial charge in [0.25, 0.3) is 0 Å². The fourth-order valence-electron chi connectivity index (χ4n) is 4.79.